The molecule has 0 saturated carbocycles. The molecule has 2 aliphatic heterocycles. The number of ether oxygens (including phenoxy) is 1. The van der Waals surface area contributed by atoms with E-state index in [2.05, 4.69) is 16.2 Å². The summed E-state index contributed by atoms with van der Waals surface area (Å²) < 4.78 is 18.6. The molecule has 28 heavy (non-hydrogen) atoms. The van der Waals surface area contributed by atoms with Crippen molar-refractivity contribution in [3.63, 3.8) is 0 Å². The van der Waals surface area contributed by atoms with E-state index in [-0.39, 0.29) is 17.7 Å². The first-order valence-corrected chi connectivity index (χ1v) is 9.61. The molecule has 0 bridgehead atoms. The number of rotatable bonds is 5. The van der Waals surface area contributed by atoms with Gasteiger partial charge in [-0.05, 0) is 36.2 Å². The number of carbonyl (C=O) groups is 1. The molecule has 0 aliphatic carbocycles. The van der Waals surface area contributed by atoms with E-state index in [4.69, 9.17) is 16.3 Å². The number of hydrogen-bond acceptors (Lipinski definition) is 5. The summed E-state index contributed by atoms with van der Waals surface area (Å²) in [6, 6.07) is 9.90. The number of methoxy groups -OCH3 is 1. The molecule has 1 atom stereocenters. The predicted octanol–water partition coefficient (Wildman–Crippen LogP) is 2.90. The summed E-state index contributed by atoms with van der Waals surface area (Å²) in [6.07, 6.45) is 0.647. The lowest BCUT2D eigenvalue weighted by molar-refractivity contribution is -0.117. The Kier molecular flexibility index (Phi) is 5.39. The number of nitrogens with one attached hydrogen (secondary N) is 3. The molecule has 2 aromatic carbocycles. The van der Waals surface area contributed by atoms with Gasteiger partial charge >= 0.3 is 0 Å². The lowest BCUT2D eigenvalue weighted by Crippen LogP contribution is -2.33. The lowest BCUT2D eigenvalue weighted by atomic mass is 10.00. The van der Waals surface area contributed by atoms with Crippen molar-refractivity contribution in [2.24, 2.45) is 0 Å². The van der Waals surface area contributed by atoms with Gasteiger partial charge in [-0.3, -0.25) is 15.6 Å². The number of anilines is 2. The zero-order valence-electron chi connectivity index (χ0n) is 15.5. The van der Waals surface area contributed by atoms with E-state index in [0.717, 1.165) is 24.3 Å². The molecular formula is C20H22ClFN4O2. The third kappa shape index (κ3) is 3.65. The monoisotopic (exact) mass is 404 g/mol. The Morgan fingerprint density at radius 3 is 2.71 bits per heavy atom. The van der Waals surface area contributed by atoms with Crippen LogP contribution in [-0.2, 0) is 4.79 Å². The van der Waals surface area contributed by atoms with Crippen LogP contribution in [0.3, 0.4) is 0 Å². The maximum absolute atomic E-state index is 13.6. The second-order valence-corrected chi connectivity index (χ2v) is 7.40. The highest BCUT2D eigenvalue weighted by atomic mass is 35.5. The van der Waals surface area contributed by atoms with Crippen LogP contribution in [0.25, 0.3) is 0 Å². The number of halogens is 2. The van der Waals surface area contributed by atoms with E-state index in [1.54, 1.807) is 17.0 Å². The number of hydrogen-bond donors (Lipinski definition) is 3. The zero-order chi connectivity index (χ0) is 19.7. The maximum atomic E-state index is 13.6. The first-order valence-electron chi connectivity index (χ1n) is 9.23. The van der Waals surface area contributed by atoms with Crippen LogP contribution in [-0.4, -0.2) is 38.7 Å². The summed E-state index contributed by atoms with van der Waals surface area (Å²) in [7, 11) is 1.41. The molecule has 2 aromatic rings. The van der Waals surface area contributed by atoms with Crippen molar-refractivity contribution in [3.8, 4) is 5.75 Å². The molecule has 8 heteroatoms. The highest BCUT2D eigenvalue weighted by Gasteiger charge is 2.33. The highest BCUT2D eigenvalue weighted by molar-refractivity contribution is 6.31. The minimum atomic E-state index is -0.435. The van der Waals surface area contributed by atoms with Crippen LogP contribution in [0.1, 0.15) is 17.9 Å². The van der Waals surface area contributed by atoms with E-state index in [0.29, 0.717) is 29.6 Å². The Morgan fingerprint density at radius 1 is 1.21 bits per heavy atom. The molecule has 0 spiro atoms. The molecule has 1 unspecified atom stereocenters. The molecular weight excluding hydrogens is 383 g/mol. The maximum Gasteiger partial charge on any atom is 0.249 e. The van der Waals surface area contributed by atoms with Gasteiger partial charge in [0.15, 0.2) is 11.6 Å². The third-order valence-corrected chi connectivity index (χ3v) is 5.58. The summed E-state index contributed by atoms with van der Waals surface area (Å²) >= 11 is 6.49. The molecule has 3 N–H and O–H groups in total. The zero-order valence-corrected chi connectivity index (χ0v) is 16.2. The average molecular weight is 405 g/mol. The van der Waals surface area contributed by atoms with Gasteiger partial charge in [0.1, 0.15) is 6.04 Å². The van der Waals surface area contributed by atoms with Crippen molar-refractivity contribution >= 4 is 28.9 Å². The quantitative estimate of drug-likeness (QED) is 0.715. The summed E-state index contributed by atoms with van der Waals surface area (Å²) in [6.45, 7) is 2.25. The van der Waals surface area contributed by atoms with Crippen molar-refractivity contribution in [1.82, 2.24) is 10.9 Å². The number of hydrazine groups is 1. The van der Waals surface area contributed by atoms with E-state index >= 15 is 0 Å². The van der Waals surface area contributed by atoms with Gasteiger partial charge in [0.25, 0.3) is 0 Å². The normalized spacial score (nSPS) is 20.0. The van der Waals surface area contributed by atoms with E-state index in [1.165, 1.54) is 13.2 Å². The molecule has 2 heterocycles. The van der Waals surface area contributed by atoms with Crippen LogP contribution in [0.5, 0.6) is 5.75 Å². The first kappa shape index (κ1) is 19.0. The second kappa shape index (κ2) is 7.95. The van der Waals surface area contributed by atoms with Crippen LogP contribution in [0.2, 0.25) is 5.02 Å². The average Bonchev–Trinajstić information content (AvgIpc) is 3.34. The Labute approximate surface area is 168 Å². The minimum Gasteiger partial charge on any atom is -0.494 e. The van der Waals surface area contributed by atoms with E-state index < -0.39 is 5.82 Å². The molecule has 2 saturated heterocycles. The lowest BCUT2D eigenvalue weighted by Gasteiger charge is -2.20. The molecule has 4 rings (SSSR count). The SMILES string of the molecule is COc1cc(NC2CCN(c3ccc(C4CNNC4)c(Cl)c3)C2=O)ccc1F. The Bertz CT molecular complexity index is 889. The van der Waals surface area contributed by atoms with Crippen LogP contribution >= 0.6 is 11.6 Å². The number of benzene rings is 2. The van der Waals surface area contributed by atoms with Crippen molar-refractivity contribution in [2.45, 2.75) is 18.4 Å². The Hall–Kier alpha value is -2.35. The van der Waals surface area contributed by atoms with Gasteiger partial charge in [-0.1, -0.05) is 17.7 Å². The molecule has 2 aliphatic rings. The van der Waals surface area contributed by atoms with Gasteiger partial charge in [-0.2, -0.15) is 0 Å². The summed E-state index contributed by atoms with van der Waals surface area (Å²) in [5, 5.41) is 3.84. The number of amides is 1. The third-order valence-electron chi connectivity index (χ3n) is 5.25. The largest absolute Gasteiger partial charge is 0.494 e. The fourth-order valence-corrected chi connectivity index (χ4v) is 4.05. The highest BCUT2D eigenvalue weighted by Crippen LogP contribution is 2.32. The molecule has 0 radical (unpaired) electrons. The first-order chi connectivity index (χ1) is 13.6. The molecule has 1 amide bonds. The summed E-state index contributed by atoms with van der Waals surface area (Å²) in [5.74, 6) is -0.00427. The topological polar surface area (TPSA) is 65.6 Å². The molecule has 148 valence electrons. The number of nitrogens with zero attached hydrogens (tertiary/aromatic N) is 1. The van der Waals surface area contributed by atoms with Crippen molar-refractivity contribution < 1.29 is 13.9 Å². The van der Waals surface area contributed by atoms with Gasteiger partial charge < -0.3 is 15.0 Å². The predicted molar refractivity (Wildman–Crippen MR) is 108 cm³/mol. The van der Waals surface area contributed by atoms with Crippen molar-refractivity contribution in [3.05, 3.63) is 52.8 Å². The van der Waals surface area contributed by atoms with Gasteiger partial charge in [0.05, 0.1) is 7.11 Å². The van der Waals surface area contributed by atoms with Gasteiger partial charge in [0, 0.05) is 48.0 Å². The van der Waals surface area contributed by atoms with Crippen molar-refractivity contribution in [1.29, 1.82) is 0 Å². The Balaban J connectivity index is 1.47. The molecule has 2 fully saturated rings. The van der Waals surface area contributed by atoms with Gasteiger partial charge in [-0.25, -0.2) is 4.39 Å². The van der Waals surface area contributed by atoms with Gasteiger partial charge in [-0.15, -0.1) is 0 Å². The van der Waals surface area contributed by atoms with Crippen LogP contribution in [0.15, 0.2) is 36.4 Å². The summed E-state index contributed by atoms with van der Waals surface area (Å²) in [5.41, 5.74) is 8.71. The van der Waals surface area contributed by atoms with E-state index in [1.807, 2.05) is 18.2 Å². The Morgan fingerprint density at radius 2 is 2.00 bits per heavy atom. The van der Waals surface area contributed by atoms with Gasteiger partial charge in [0.2, 0.25) is 5.91 Å². The van der Waals surface area contributed by atoms with Crippen molar-refractivity contribution in [2.75, 3.05) is 37.0 Å². The second-order valence-electron chi connectivity index (χ2n) is 6.99. The van der Waals surface area contributed by atoms with Crippen LogP contribution in [0.4, 0.5) is 15.8 Å². The molecule has 6 nitrogen and oxygen atoms in total. The minimum absolute atomic E-state index is 0.0312. The number of carbonyl (C=O) groups excluding carboxylic acids is 1. The van der Waals surface area contributed by atoms with Crippen LogP contribution < -0.4 is 25.8 Å². The summed E-state index contributed by atoms with van der Waals surface area (Å²) in [4.78, 5) is 14.6. The molecule has 0 aromatic heterocycles. The fourth-order valence-electron chi connectivity index (χ4n) is 3.72. The standard InChI is InChI=1S/C20H22ClFN4O2/c1-28-19-8-13(2-5-17(19)22)25-18-6-7-26(20(18)27)14-3-4-15(16(21)9-14)12-10-23-24-11-12/h2-5,8-9,12,18,23-25H,6-7,10-11H2,1H3. The fraction of sp³-hybridized carbons (Fsp3) is 0.350. The van der Waals surface area contributed by atoms with Crippen LogP contribution in [0, 0.1) is 5.82 Å². The smallest absolute Gasteiger partial charge is 0.249 e. The van der Waals surface area contributed by atoms with E-state index in [9.17, 15) is 9.18 Å².